The quantitative estimate of drug-likeness (QED) is 0.807. The maximum absolute atomic E-state index is 11.9. The van der Waals surface area contributed by atoms with Crippen LogP contribution in [0.15, 0.2) is 18.3 Å². The van der Waals surface area contributed by atoms with Crippen molar-refractivity contribution in [1.29, 1.82) is 0 Å². The number of carbonyl (C=O) groups is 2. The molecule has 0 aliphatic carbocycles. The number of hydrogen-bond acceptors (Lipinski definition) is 3. The summed E-state index contributed by atoms with van der Waals surface area (Å²) in [6.45, 7) is 5.08. The lowest BCUT2D eigenvalue weighted by Gasteiger charge is -2.24. The highest BCUT2D eigenvalue weighted by atomic mass is 16.2. The van der Waals surface area contributed by atoms with Crippen molar-refractivity contribution in [3.8, 4) is 0 Å². The van der Waals surface area contributed by atoms with E-state index in [1.54, 1.807) is 39.1 Å². The smallest absolute Gasteiger partial charge is 0.270 e. The normalized spacial score (nSPS) is 10.8. The Labute approximate surface area is 101 Å². The minimum Gasteiger partial charge on any atom is -0.357 e. The lowest BCUT2D eigenvalue weighted by Crippen LogP contribution is -2.54. The number of aromatic nitrogens is 1. The number of aryl methyl sites for hydroxylation is 1. The third-order valence-electron chi connectivity index (χ3n) is 2.45. The van der Waals surface area contributed by atoms with Crippen LogP contribution in [0.3, 0.4) is 0 Å². The van der Waals surface area contributed by atoms with Gasteiger partial charge in [0.2, 0.25) is 5.91 Å². The molecular weight excluding hydrogens is 218 g/mol. The van der Waals surface area contributed by atoms with E-state index in [1.807, 2.05) is 0 Å². The van der Waals surface area contributed by atoms with Crippen molar-refractivity contribution in [2.24, 2.45) is 0 Å². The number of nitrogens with one attached hydrogen (secondary N) is 2. The van der Waals surface area contributed by atoms with E-state index in [2.05, 4.69) is 15.6 Å². The average Bonchev–Trinajstić information content (AvgIpc) is 2.27. The fraction of sp³-hybridized carbons (Fsp3) is 0.417. The first-order chi connectivity index (χ1) is 7.88. The van der Waals surface area contributed by atoms with Crippen LogP contribution in [0.5, 0.6) is 0 Å². The van der Waals surface area contributed by atoms with E-state index in [1.165, 1.54) is 7.05 Å². The van der Waals surface area contributed by atoms with Crippen molar-refractivity contribution in [1.82, 2.24) is 15.6 Å². The van der Waals surface area contributed by atoms with Gasteiger partial charge >= 0.3 is 0 Å². The van der Waals surface area contributed by atoms with Gasteiger partial charge in [0.1, 0.15) is 11.2 Å². The number of hydrogen-bond donors (Lipinski definition) is 2. The molecular formula is C12H17N3O2. The molecule has 5 heteroatoms. The molecule has 0 bridgehead atoms. The molecule has 0 spiro atoms. The summed E-state index contributed by atoms with van der Waals surface area (Å²) in [7, 11) is 1.53. The van der Waals surface area contributed by atoms with Crippen LogP contribution < -0.4 is 10.6 Å². The molecule has 92 valence electrons. The SMILES string of the molecule is CNC(=O)C(C)(C)NC(=O)c1ncccc1C. The summed E-state index contributed by atoms with van der Waals surface area (Å²) in [5, 5.41) is 5.15. The first-order valence-corrected chi connectivity index (χ1v) is 5.35. The second-order valence-corrected chi connectivity index (χ2v) is 4.33. The molecule has 0 saturated carbocycles. The van der Waals surface area contributed by atoms with Gasteiger partial charge in [-0.05, 0) is 32.4 Å². The molecule has 0 fully saturated rings. The van der Waals surface area contributed by atoms with Crippen LogP contribution >= 0.6 is 0 Å². The van der Waals surface area contributed by atoms with Crippen molar-refractivity contribution in [2.75, 3.05) is 7.05 Å². The molecule has 1 aromatic rings. The van der Waals surface area contributed by atoms with Crippen LogP contribution in [0, 0.1) is 6.92 Å². The average molecular weight is 235 g/mol. The second-order valence-electron chi connectivity index (χ2n) is 4.33. The first-order valence-electron chi connectivity index (χ1n) is 5.35. The number of nitrogens with zero attached hydrogens (tertiary/aromatic N) is 1. The predicted octanol–water partition coefficient (Wildman–Crippen LogP) is 0.644. The summed E-state index contributed by atoms with van der Waals surface area (Å²) < 4.78 is 0. The molecule has 0 aliphatic heterocycles. The monoisotopic (exact) mass is 235 g/mol. The summed E-state index contributed by atoms with van der Waals surface area (Å²) in [4.78, 5) is 27.5. The van der Waals surface area contributed by atoms with Crippen molar-refractivity contribution < 1.29 is 9.59 Å². The second kappa shape index (κ2) is 4.95. The molecule has 0 saturated heterocycles. The summed E-state index contributed by atoms with van der Waals surface area (Å²) in [6, 6.07) is 3.56. The fourth-order valence-electron chi connectivity index (χ4n) is 1.44. The summed E-state index contributed by atoms with van der Waals surface area (Å²) in [5.74, 6) is -0.601. The highest BCUT2D eigenvalue weighted by Crippen LogP contribution is 2.07. The van der Waals surface area contributed by atoms with E-state index in [4.69, 9.17) is 0 Å². The van der Waals surface area contributed by atoms with E-state index >= 15 is 0 Å². The molecule has 0 unspecified atom stereocenters. The van der Waals surface area contributed by atoms with Gasteiger partial charge in [0.15, 0.2) is 0 Å². The zero-order valence-electron chi connectivity index (χ0n) is 10.5. The molecule has 0 aromatic carbocycles. The Morgan fingerprint density at radius 1 is 1.35 bits per heavy atom. The molecule has 17 heavy (non-hydrogen) atoms. The minimum absolute atomic E-state index is 0.251. The standard InChI is InChI=1S/C12H17N3O2/c1-8-6-5-7-14-9(8)10(16)15-12(2,3)11(17)13-4/h5-7H,1-4H3,(H,13,17)(H,15,16). The third-order valence-corrected chi connectivity index (χ3v) is 2.45. The highest BCUT2D eigenvalue weighted by molar-refractivity contribution is 5.98. The molecule has 1 aromatic heterocycles. The van der Waals surface area contributed by atoms with Crippen molar-refractivity contribution in [3.05, 3.63) is 29.6 Å². The Balaban J connectivity index is 2.87. The highest BCUT2D eigenvalue weighted by Gasteiger charge is 2.29. The number of amides is 2. The minimum atomic E-state index is -0.963. The van der Waals surface area contributed by atoms with Gasteiger partial charge in [-0.2, -0.15) is 0 Å². The van der Waals surface area contributed by atoms with Crippen LogP contribution in [0.2, 0.25) is 0 Å². The summed E-state index contributed by atoms with van der Waals surface area (Å²) in [5.41, 5.74) is 0.151. The Morgan fingerprint density at radius 2 is 2.00 bits per heavy atom. The number of likely N-dealkylation sites (N-methyl/N-ethyl adjacent to an activating group) is 1. The first kappa shape index (κ1) is 13.2. The van der Waals surface area contributed by atoms with E-state index in [0.29, 0.717) is 5.69 Å². The van der Waals surface area contributed by atoms with Gasteiger partial charge in [-0.3, -0.25) is 14.6 Å². The van der Waals surface area contributed by atoms with E-state index in [0.717, 1.165) is 5.56 Å². The maximum atomic E-state index is 11.9. The Morgan fingerprint density at radius 3 is 2.53 bits per heavy atom. The van der Waals surface area contributed by atoms with Crippen LogP contribution in [-0.2, 0) is 4.79 Å². The van der Waals surface area contributed by atoms with Gasteiger partial charge in [-0.15, -0.1) is 0 Å². The molecule has 5 nitrogen and oxygen atoms in total. The Bertz CT molecular complexity index is 441. The number of rotatable bonds is 3. The van der Waals surface area contributed by atoms with E-state index in [-0.39, 0.29) is 11.8 Å². The van der Waals surface area contributed by atoms with Gasteiger partial charge in [-0.25, -0.2) is 0 Å². The topological polar surface area (TPSA) is 71.1 Å². The Hall–Kier alpha value is -1.91. The zero-order valence-corrected chi connectivity index (χ0v) is 10.5. The molecule has 0 atom stereocenters. The van der Waals surface area contributed by atoms with Crippen molar-refractivity contribution in [2.45, 2.75) is 26.3 Å². The van der Waals surface area contributed by atoms with Crippen LogP contribution in [0.4, 0.5) is 0 Å². The van der Waals surface area contributed by atoms with Gasteiger partial charge in [0, 0.05) is 13.2 Å². The van der Waals surface area contributed by atoms with E-state index < -0.39 is 5.54 Å². The van der Waals surface area contributed by atoms with Gasteiger partial charge in [-0.1, -0.05) is 6.07 Å². The van der Waals surface area contributed by atoms with Crippen LogP contribution in [0.1, 0.15) is 29.9 Å². The summed E-state index contributed by atoms with van der Waals surface area (Å²) >= 11 is 0. The number of pyridine rings is 1. The molecule has 2 amide bonds. The largest absolute Gasteiger partial charge is 0.357 e. The van der Waals surface area contributed by atoms with Crippen LogP contribution in [-0.4, -0.2) is 29.4 Å². The molecule has 2 N–H and O–H groups in total. The molecule has 0 radical (unpaired) electrons. The van der Waals surface area contributed by atoms with Crippen LogP contribution in [0.25, 0.3) is 0 Å². The van der Waals surface area contributed by atoms with Crippen molar-refractivity contribution >= 4 is 11.8 Å². The summed E-state index contributed by atoms with van der Waals surface area (Å²) in [6.07, 6.45) is 1.55. The third kappa shape index (κ3) is 3.03. The zero-order chi connectivity index (χ0) is 13.1. The lowest BCUT2D eigenvalue weighted by atomic mass is 10.0. The molecule has 1 heterocycles. The Kier molecular flexibility index (Phi) is 3.83. The lowest BCUT2D eigenvalue weighted by molar-refractivity contribution is -0.125. The predicted molar refractivity (Wildman–Crippen MR) is 64.6 cm³/mol. The molecule has 1 rings (SSSR count). The maximum Gasteiger partial charge on any atom is 0.270 e. The fourth-order valence-corrected chi connectivity index (χ4v) is 1.44. The van der Waals surface area contributed by atoms with Gasteiger partial charge < -0.3 is 10.6 Å². The van der Waals surface area contributed by atoms with Crippen molar-refractivity contribution in [3.63, 3.8) is 0 Å². The number of carbonyl (C=O) groups excluding carboxylic acids is 2. The molecule has 0 aliphatic rings. The van der Waals surface area contributed by atoms with Gasteiger partial charge in [0.25, 0.3) is 5.91 Å². The van der Waals surface area contributed by atoms with Gasteiger partial charge in [0.05, 0.1) is 0 Å². The van der Waals surface area contributed by atoms with E-state index in [9.17, 15) is 9.59 Å².